The summed E-state index contributed by atoms with van der Waals surface area (Å²) in [5.74, 6) is 0.450. The molecule has 0 aliphatic rings. The summed E-state index contributed by atoms with van der Waals surface area (Å²) >= 11 is 0. The Balaban J connectivity index is 1.41. The van der Waals surface area contributed by atoms with Gasteiger partial charge in [-0.15, -0.1) is 10.2 Å². The Morgan fingerprint density at radius 3 is 2.17 bits per heavy atom. The summed E-state index contributed by atoms with van der Waals surface area (Å²) in [6.45, 7) is 4.17. The number of amides is 1. The number of nitrogens with one attached hydrogen (secondary N) is 1. The summed E-state index contributed by atoms with van der Waals surface area (Å²) in [7, 11) is 0. The molecule has 0 unspecified atom stereocenters. The van der Waals surface area contributed by atoms with Crippen LogP contribution in [0.15, 0.2) is 66.7 Å². The van der Waals surface area contributed by atoms with Crippen LogP contribution in [0.25, 0.3) is 16.7 Å². The molecule has 1 heterocycles. The third kappa shape index (κ3) is 4.49. The lowest BCUT2D eigenvalue weighted by Gasteiger charge is -2.08. The van der Waals surface area contributed by atoms with Gasteiger partial charge in [-0.2, -0.15) is 4.80 Å². The number of hydrogen-bond donors (Lipinski definition) is 1. The largest absolute Gasteiger partial charge is 0.484 e. The maximum Gasteiger partial charge on any atom is 0.262 e. The van der Waals surface area contributed by atoms with Crippen LogP contribution in [0.1, 0.15) is 25.0 Å². The van der Waals surface area contributed by atoms with E-state index in [1.165, 1.54) is 11.1 Å². The zero-order valence-corrected chi connectivity index (χ0v) is 17.1. The number of nitrogens with zero attached hydrogens (tertiary/aromatic N) is 3. The van der Waals surface area contributed by atoms with Crippen LogP contribution in [0.5, 0.6) is 5.75 Å². The van der Waals surface area contributed by atoms with Crippen LogP contribution >= 0.6 is 0 Å². The monoisotopic (exact) mass is 400 g/mol. The Morgan fingerprint density at radius 1 is 0.867 bits per heavy atom. The molecule has 0 radical (unpaired) electrons. The van der Waals surface area contributed by atoms with Crippen molar-refractivity contribution in [2.45, 2.75) is 26.7 Å². The Kier molecular flexibility index (Phi) is 5.75. The smallest absolute Gasteiger partial charge is 0.262 e. The lowest BCUT2D eigenvalue weighted by Crippen LogP contribution is -2.20. The highest BCUT2D eigenvalue weighted by molar-refractivity contribution is 5.93. The molecule has 0 saturated heterocycles. The molecule has 1 N–H and O–H groups in total. The van der Waals surface area contributed by atoms with Crippen molar-refractivity contribution in [1.82, 2.24) is 15.0 Å². The summed E-state index contributed by atoms with van der Waals surface area (Å²) in [5.41, 5.74) is 5.53. The van der Waals surface area contributed by atoms with Crippen LogP contribution in [-0.4, -0.2) is 27.5 Å². The first-order valence-electron chi connectivity index (χ1n) is 10.1. The summed E-state index contributed by atoms with van der Waals surface area (Å²) < 4.78 is 5.56. The van der Waals surface area contributed by atoms with E-state index < -0.39 is 0 Å². The van der Waals surface area contributed by atoms with E-state index in [2.05, 4.69) is 41.5 Å². The quantitative estimate of drug-likeness (QED) is 0.494. The number of carbonyl (C=O) groups is 1. The molecule has 0 aliphatic carbocycles. The number of hydrogen-bond acceptors (Lipinski definition) is 4. The Bertz CT molecular complexity index is 1150. The molecule has 0 atom stereocenters. The van der Waals surface area contributed by atoms with Gasteiger partial charge in [-0.25, -0.2) is 0 Å². The van der Waals surface area contributed by atoms with E-state index in [0.29, 0.717) is 17.0 Å². The minimum absolute atomic E-state index is 0.0556. The molecular weight excluding hydrogens is 376 g/mol. The van der Waals surface area contributed by atoms with Crippen LogP contribution in [0.4, 0.5) is 5.69 Å². The molecule has 152 valence electrons. The highest BCUT2D eigenvalue weighted by Crippen LogP contribution is 2.18. The first kappa shape index (κ1) is 19.6. The van der Waals surface area contributed by atoms with E-state index in [4.69, 9.17) is 4.74 Å². The SMILES string of the molecule is CCc1ccc(OCC(=O)Nc2ccc3nn(-c4ccc(CC)cc4)nc3c2)cc1. The Labute approximate surface area is 175 Å². The third-order valence-corrected chi connectivity index (χ3v) is 4.94. The first-order valence-corrected chi connectivity index (χ1v) is 10.1. The molecule has 4 rings (SSSR count). The predicted octanol–water partition coefficient (Wildman–Crippen LogP) is 4.56. The zero-order valence-electron chi connectivity index (χ0n) is 17.1. The average Bonchev–Trinajstić information content (AvgIpc) is 3.21. The molecule has 6 nitrogen and oxygen atoms in total. The van der Waals surface area contributed by atoms with E-state index >= 15 is 0 Å². The van der Waals surface area contributed by atoms with Crippen molar-refractivity contribution in [2.75, 3.05) is 11.9 Å². The number of anilines is 1. The van der Waals surface area contributed by atoms with Gasteiger partial charge in [0.15, 0.2) is 6.61 Å². The number of benzene rings is 3. The van der Waals surface area contributed by atoms with Crippen LogP contribution in [0.2, 0.25) is 0 Å². The fourth-order valence-electron chi connectivity index (χ4n) is 3.14. The fourth-order valence-corrected chi connectivity index (χ4v) is 3.14. The van der Waals surface area contributed by atoms with Gasteiger partial charge in [0.1, 0.15) is 16.8 Å². The van der Waals surface area contributed by atoms with Gasteiger partial charge in [0.2, 0.25) is 0 Å². The second kappa shape index (κ2) is 8.78. The van der Waals surface area contributed by atoms with Gasteiger partial charge in [-0.05, 0) is 66.4 Å². The number of aryl methyl sites for hydroxylation is 2. The zero-order chi connectivity index (χ0) is 20.9. The molecule has 0 saturated carbocycles. The van der Waals surface area contributed by atoms with Gasteiger partial charge in [0, 0.05) is 5.69 Å². The molecule has 0 spiro atoms. The number of ether oxygens (including phenoxy) is 1. The average molecular weight is 400 g/mol. The molecule has 0 fully saturated rings. The highest BCUT2D eigenvalue weighted by atomic mass is 16.5. The van der Waals surface area contributed by atoms with Crippen molar-refractivity contribution >= 4 is 22.6 Å². The molecule has 6 heteroatoms. The van der Waals surface area contributed by atoms with Gasteiger partial charge in [-0.3, -0.25) is 4.79 Å². The van der Waals surface area contributed by atoms with Gasteiger partial charge in [0.25, 0.3) is 5.91 Å². The first-order chi connectivity index (χ1) is 14.6. The minimum atomic E-state index is -0.225. The topological polar surface area (TPSA) is 69.0 Å². The summed E-state index contributed by atoms with van der Waals surface area (Å²) in [6, 6.07) is 21.4. The molecule has 1 amide bonds. The molecule has 30 heavy (non-hydrogen) atoms. The maximum absolute atomic E-state index is 12.3. The Morgan fingerprint density at radius 2 is 1.50 bits per heavy atom. The van der Waals surface area contributed by atoms with Crippen molar-refractivity contribution < 1.29 is 9.53 Å². The molecule has 3 aromatic carbocycles. The summed E-state index contributed by atoms with van der Waals surface area (Å²) in [4.78, 5) is 13.9. The van der Waals surface area contributed by atoms with E-state index in [1.54, 1.807) is 4.80 Å². The standard InChI is InChI=1S/C24H24N4O2/c1-3-17-5-10-20(11-6-17)28-26-22-14-9-19(15-23(22)27-28)25-24(29)16-30-21-12-7-18(4-2)8-13-21/h5-15H,3-4,16H2,1-2H3,(H,25,29). The predicted molar refractivity (Wildman–Crippen MR) is 118 cm³/mol. The Hall–Kier alpha value is -3.67. The van der Waals surface area contributed by atoms with Crippen LogP contribution in [0, 0.1) is 0 Å². The number of carbonyl (C=O) groups excluding carboxylic acids is 1. The van der Waals surface area contributed by atoms with E-state index in [0.717, 1.165) is 24.0 Å². The summed E-state index contributed by atoms with van der Waals surface area (Å²) in [6.07, 6.45) is 1.96. The normalized spacial score (nSPS) is 10.9. The minimum Gasteiger partial charge on any atom is -0.484 e. The van der Waals surface area contributed by atoms with Crippen LogP contribution in [-0.2, 0) is 17.6 Å². The lowest BCUT2D eigenvalue weighted by atomic mass is 10.2. The molecule has 1 aromatic heterocycles. The number of fused-ring (bicyclic) bond motifs is 1. The number of rotatable bonds is 7. The van der Waals surface area contributed by atoms with E-state index in [1.807, 2.05) is 54.6 Å². The van der Waals surface area contributed by atoms with Gasteiger partial charge in [-0.1, -0.05) is 38.1 Å². The summed E-state index contributed by atoms with van der Waals surface area (Å²) in [5, 5.41) is 11.9. The van der Waals surface area contributed by atoms with Crippen molar-refractivity contribution in [1.29, 1.82) is 0 Å². The lowest BCUT2D eigenvalue weighted by molar-refractivity contribution is -0.118. The number of aromatic nitrogens is 3. The third-order valence-electron chi connectivity index (χ3n) is 4.94. The van der Waals surface area contributed by atoms with Crippen molar-refractivity contribution in [3.63, 3.8) is 0 Å². The maximum atomic E-state index is 12.3. The molecule has 4 aromatic rings. The van der Waals surface area contributed by atoms with Gasteiger partial charge < -0.3 is 10.1 Å². The second-order valence-electron chi connectivity index (χ2n) is 7.05. The van der Waals surface area contributed by atoms with E-state index in [-0.39, 0.29) is 12.5 Å². The van der Waals surface area contributed by atoms with Crippen LogP contribution in [0.3, 0.4) is 0 Å². The fraction of sp³-hybridized carbons (Fsp3) is 0.208. The molecular formula is C24H24N4O2. The van der Waals surface area contributed by atoms with Gasteiger partial charge >= 0.3 is 0 Å². The van der Waals surface area contributed by atoms with Crippen molar-refractivity contribution in [3.8, 4) is 11.4 Å². The van der Waals surface area contributed by atoms with Crippen molar-refractivity contribution in [2.24, 2.45) is 0 Å². The molecule has 0 bridgehead atoms. The van der Waals surface area contributed by atoms with E-state index in [9.17, 15) is 4.79 Å². The van der Waals surface area contributed by atoms with Crippen LogP contribution < -0.4 is 10.1 Å². The van der Waals surface area contributed by atoms with Crippen molar-refractivity contribution in [3.05, 3.63) is 77.9 Å². The highest BCUT2D eigenvalue weighted by Gasteiger charge is 2.08. The van der Waals surface area contributed by atoms with Gasteiger partial charge in [0.05, 0.1) is 5.69 Å². The molecule has 0 aliphatic heterocycles. The second-order valence-corrected chi connectivity index (χ2v) is 7.05.